The van der Waals surface area contributed by atoms with Gasteiger partial charge in [-0.3, -0.25) is 9.59 Å². The van der Waals surface area contributed by atoms with Gasteiger partial charge >= 0.3 is 0 Å². The van der Waals surface area contributed by atoms with E-state index in [1.54, 1.807) is 31.3 Å². The molecule has 0 spiro atoms. The van der Waals surface area contributed by atoms with Crippen molar-refractivity contribution in [2.24, 2.45) is 5.92 Å². The van der Waals surface area contributed by atoms with Gasteiger partial charge in [0.1, 0.15) is 5.75 Å². The molecule has 1 N–H and O–H groups in total. The van der Waals surface area contributed by atoms with Crippen molar-refractivity contribution in [1.82, 2.24) is 10.2 Å². The number of benzene rings is 2. The van der Waals surface area contributed by atoms with E-state index in [-0.39, 0.29) is 23.7 Å². The first kappa shape index (κ1) is 19.9. The minimum Gasteiger partial charge on any atom is -0.497 e. The lowest BCUT2D eigenvalue weighted by molar-refractivity contribution is -0.125. The Morgan fingerprint density at radius 1 is 1.04 bits per heavy atom. The SMILES string of the molecule is COCCNC(=O)[C@@H]1CN(C(=O)c2ccccc2)C[C@@H]1c1ccc(OC)cc1. The second-order valence-corrected chi connectivity index (χ2v) is 6.85. The lowest BCUT2D eigenvalue weighted by Crippen LogP contribution is -2.37. The topological polar surface area (TPSA) is 67.9 Å². The molecule has 0 radical (unpaired) electrons. The molecule has 1 saturated heterocycles. The normalized spacial score (nSPS) is 18.7. The van der Waals surface area contributed by atoms with Gasteiger partial charge in [0.15, 0.2) is 0 Å². The van der Waals surface area contributed by atoms with Crippen LogP contribution in [0.15, 0.2) is 54.6 Å². The molecule has 0 bridgehead atoms. The van der Waals surface area contributed by atoms with Crippen LogP contribution in [0.4, 0.5) is 0 Å². The maximum atomic E-state index is 12.9. The highest BCUT2D eigenvalue weighted by Crippen LogP contribution is 2.34. The van der Waals surface area contributed by atoms with E-state index in [0.717, 1.165) is 11.3 Å². The number of carbonyl (C=O) groups is 2. The van der Waals surface area contributed by atoms with Gasteiger partial charge in [0, 0.05) is 38.2 Å². The van der Waals surface area contributed by atoms with Crippen LogP contribution in [-0.2, 0) is 9.53 Å². The summed E-state index contributed by atoms with van der Waals surface area (Å²) in [4.78, 5) is 27.5. The second-order valence-electron chi connectivity index (χ2n) is 6.85. The number of nitrogens with zero attached hydrogens (tertiary/aromatic N) is 1. The summed E-state index contributed by atoms with van der Waals surface area (Å²) in [5.41, 5.74) is 1.66. The fourth-order valence-electron chi connectivity index (χ4n) is 3.59. The predicted octanol–water partition coefficient (Wildman–Crippen LogP) is 2.31. The van der Waals surface area contributed by atoms with Crippen LogP contribution < -0.4 is 10.1 Å². The van der Waals surface area contributed by atoms with Crippen LogP contribution in [0.1, 0.15) is 21.8 Å². The van der Waals surface area contributed by atoms with Crippen LogP contribution in [0.5, 0.6) is 5.75 Å². The van der Waals surface area contributed by atoms with Crippen LogP contribution >= 0.6 is 0 Å². The average Bonchev–Trinajstić information content (AvgIpc) is 3.19. The molecule has 0 unspecified atom stereocenters. The van der Waals surface area contributed by atoms with Gasteiger partial charge in [0.2, 0.25) is 5.91 Å². The molecule has 3 rings (SSSR count). The molecule has 28 heavy (non-hydrogen) atoms. The average molecular weight is 382 g/mol. The fraction of sp³-hybridized carbons (Fsp3) is 0.364. The molecule has 0 aliphatic carbocycles. The van der Waals surface area contributed by atoms with Crippen LogP contribution in [0.25, 0.3) is 0 Å². The summed E-state index contributed by atoms with van der Waals surface area (Å²) in [6.45, 7) is 1.80. The summed E-state index contributed by atoms with van der Waals surface area (Å²) in [5.74, 6) is 0.284. The number of likely N-dealkylation sites (tertiary alicyclic amines) is 1. The number of carbonyl (C=O) groups excluding carboxylic acids is 2. The maximum Gasteiger partial charge on any atom is 0.253 e. The summed E-state index contributed by atoms with van der Waals surface area (Å²) in [7, 11) is 3.22. The number of rotatable bonds is 7. The molecule has 1 fully saturated rings. The Morgan fingerprint density at radius 3 is 2.39 bits per heavy atom. The molecule has 2 amide bonds. The van der Waals surface area contributed by atoms with Crippen LogP contribution in [0.3, 0.4) is 0 Å². The van der Waals surface area contributed by atoms with E-state index in [1.165, 1.54) is 0 Å². The van der Waals surface area contributed by atoms with Crippen molar-refractivity contribution in [2.75, 3.05) is 40.5 Å². The summed E-state index contributed by atoms with van der Waals surface area (Å²) >= 11 is 0. The Kier molecular flexibility index (Phi) is 6.66. The highest BCUT2D eigenvalue weighted by atomic mass is 16.5. The third-order valence-electron chi connectivity index (χ3n) is 5.11. The van der Waals surface area contributed by atoms with Crippen molar-refractivity contribution in [3.05, 3.63) is 65.7 Å². The number of amides is 2. The zero-order chi connectivity index (χ0) is 19.9. The maximum absolute atomic E-state index is 12.9. The van der Waals surface area contributed by atoms with Crippen molar-refractivity contribution in [3.8, 4) is 5.75 Å². The Balaban J connectivity index is 1.81. The summed E-state index contributed by atoms with van der Waals surface area (Å²) in [6.07, 6.45) is 0. The molecular formula is C22H26N2O4. The molecule has 1 aliphatic rings. The Labute approximate surface area is 165 Å². The number of nitrogens with one attached hydrogen (secondary N) is 1. The minimum absolute atomic E-state index is 0.0497. The first-order valence-electron chi connectivity index (χ1n) is 9.39. The highest BCUT2D eigenvalue weighted by Gasteiger charge is 2.40. The largest absolute Gasteiger partial charge is 0.497 e. The van der Waals surface area contributed by atoms with Crippen LogP contribution in [-0.4, -0.2) is 57.2 Å². The molecule has 6 nitrogen and oxygen atoms in total. The molecule has 148 valence electrons. The lowest BCUT2D eigenvalue weighted by atomic mass is 9.88. The van der Waals surface area contributed by atoms with Gasteiger partial charge in [0.25, 0.3) is 5.91 Å². The van der Waals surface area contributed by atoms with E-state index in [9.17, 15) is 9.59 Å². The number of methoxy groups -OCH3 is 2. The lowest BCUT2D eigenvalue weighted by Gasteiger charge is -2.18. The molecular weight excluding hydrogens is 356 g/mol. The highest BCUT2D eigenvalue weighted by molar-refractivity contribution is 5.95. The van der Waals surface area contributed by atoms with E-state index in [1.807, 2.05) is 42.5 Å². The third kappa shape index (κ3) is 4.51. The molecule has 2 atom stereocenters. The van der Waals surface area contributed by atoms with Gasteiger partial charge in [-0.25, -0.2) is 0 Å². The van der Waals surface area contributed by atoms with Gasteiger partial charge in [0.05, 0.1) is 19.6 Å². The van der Waals surface area contributed by atoms with Gasteiger partial charge in [-0.15, -0.1) is 0 Å². The Morgan fingerprint density at radius 2 is 1.75 bits per heavy atom. The minimum atomic E-state index is -0.307. The van der Waals surface area contributed by atoms with Crippen molar-refractivity contribution < 1.29 is 19.1 Å². The zero-order valence-electron chi connectivity index (χ0n) is 16.3. The summed E-state index contributed by atoms with van der Waals surface area (Å²) < 4.78 is 10.2. The number of hydrogen-bond donors (Lipinski definition) is 1. The Hall–Kier alpha value is -2.86. The van der Waals surface area contributed by atoms with Crippen molar-refractivity contribution in [1.29, 1.82) is 0 Å². The molecule has 1 heterocycles. The second kappa shape index (κ2) is 9.37. The molecule has 2 aromatic carbocycles. The van der Waals surface area contributed by atoms with Crippen molar-refractivity contribution >= 4 is 11.8 Å². The van der Waals surface area contributed by atoms with Gasteiger partial charge < -0.3 is 19.7 Å². The number of hydrogen-bond acceptors (Lipinski definition) is 4. The van der Waals surface area contributed by atoms with Crippen molar-refractivity contribution in [3.63, 3.8) is 0 Å². The third-order valence-corrected chi connectivity index (χ3v) is 5.11. The first-order chi connectivity index (χ1) is 13.6. The van der Waals surface area contributed by atoms with Crippen molar-refractivity contribution in [2.45, 2.75) is 5.92 Å². The molecule has 6 heteroatoms. The molecule has 0 saturated carbocycles. The smallest absolute Gasteiger partial charge is 0.253 e. The van der Waals surface area contributed by atoms with Gasteiger partial charge in [-0.1, -0.05) is 30.3 Å². The molecule has 1 aliphatic heterocycles. The van der Waals surface area contributed by atoms with E-state index in [2.05, 4.69) is 5.32 Å². The van der Waals surface area contributed by atoms with E-state index in [0.29, 0.717) is 31.8 Å². The summed E-state index contributed by atoms with van der Waals surface area (Å²) in [6, 6.07) is 16.9. The molecule has 2 aromatic rings. The van der Waals surface area contributed by atoms with Crippen LogP contribution in [0, 0.1) is 5.92 Å². The van der Waals surface area contributed by atoms with Gasteiger partial charge in [-0.05, 0) is 29.8 Å². The van der Waals surface area contributed by atoms with E-state index >= 15 is 0 Å². The number of ether oxygens (including phenoxy) is 2. The fourth-order valence-corrected chi connectivity index (χ4v) is 3.59. The summed E-state index contributed by atoms with van der Waals surface area (Å²) in [5, 5.41) is 2.92. The molecule has 0 aromatic heterocycles. The Bertz CT molecular complexity index is 792. The van der Waals surface area contributed by atoms with Crippen LogP contribution in [0.2, 0.25) is 0 Å². The van der Waals surface area contributed by atoms with E-state index in [4.69, 9.17) is 9.47 Å². The standard InChI is InChI=1S/C22H26N2O4/c1-27-13-12-23-21(25)20-15-24(22(26)17-6-4-3-5-7-17)14-19(20)16-8-10-18(28-2)11-9-16/h3-11,19-20H,12-15H2,1-2H3,(H,23,25)/t19-,20-/m1/s1. The van der Waals surface area contributed by atoms with Gasteiger partial charge in [-0.2, -0.15) is 0 Å². The quantitative estimate of drug-likeness (QED) is 0.747. The zero-order valence-corrected chi connectivity index (χ0v) is 16.3. The van der Waals surface area contributed by atoms with E-state index < -0.39 is 0 Å². The predicted molar refractivity (Wildman–Crippen MR) is 106 cm³/mol. The monoisotopic (exact) mass is 382 g/mol. The first-order valence-corrected chi connectivity index (χ1v) is 9.39.